The van der Waals surface area contributed by atoms with Gasteiger partial charge in [0.25, 0.3) is 0 Å². The van der Waals surface area contributed by atoms with Crippen molar-refractivity contribution in [3.8, 4) is 5.69 Å². The first-order valence-corrected chi connectivity index (χ1v) is 9.71. The van der Waals surface area contributed by atoms with Gasteiger partial charge in [-0.25, -0.2) is 23.2 Å². The lowest BCUT2D eigenvalue weighted by Crippen LogP contribution is -2.53. The number of hydrogen-bond donors (Lipinski definition) is 2. The maximum Gasteiger partial charge on any atom is 0.322 e. The minimum atomic E-state index is -0.998. The standard InChI is InChI=1S/C21H22F2N6O2/c1-3-17(30)12-27(2)16-6-13-9-29(26-20(13)24-8-16)19-7-15(4-5-18(19)23)25-21(31)28-10-14(22)11-28/h3-9,14,17,30H,1,10-12H2,2H3,(H,25,31). The molecule has 2 aromatic heterocycles. The van der Waals surface area contributed by atoms with E-state index in [0.29, 0.717) is 23.3 Å². The number of alkyl halides is 1. The molecule has 0 bridgehead atoms. The number of amides is 2. The van der Waals surface area contributed by atoms with E-state index in [4.69, 9.17) is 0 Å². The molecular weight excluding hydrogens is 406 g/mol. The lowest BCUT2D eigenvalue weighted by atomic mass is 10.2. The number of urea groups is 1. The van der Waals surface area contributed by atoms with Gasteiger partial charge in [0.05, 0.1) is 31.1 Å². The molecule has 0 saturated carbocycles. The molecule has 1 atom stereocenters. The quantitative estimate of drug-likeness (QED) is 0.590. The summed E-state index contributed by atoms with van der Waals surface area (Å²) in [5.74, 6) is -0.523. The average Bonchev–Trinajstić information content (AvgIpc) is 3.15. The fourth-order valence-electron chi connectivity index (χ4n) is 3.26. The van der Waals surface area contributed by atoms with E-state index in [1.165, 1.54) is 33.9 Å². The number of fused-ring (bicyclic) bond motifs is 1. The zero-order valence-corrected chi connectivity index (χ0v) is 16.9. The smallest absolute Gasteiger partial charge is 0.322 e. The summed E-state index contributed by atoms with van der Waals surface area (Å²) in [6, 6.07) is 5.52. The SMILES string of the molecule is C=CC(O)CN(C)c1cnc2nn(-c3cc(NC(=O)N4CC(F)C4)ccc3F)cc2c1. The number of benzene rings is 1. The molecule has 1 fully saturated rings. The molecule has 0 radical (unpaired) electrons. The third-order valence-corrected chi connectivity index (χ3v) is 5.09. The van der Waals surface area contributed by atoms with Crippen LogP contribution in [0.2, 0.25) is 0 Å². The molecule has 4 rings (SSSR count). The molecule has 3 aromatic rings. The Kier molecular flexibility index (Phi) is 5.55. The van der Waals surface area contributed by atoms with Crippen LogP contribution in [0.5, 0.6) is 0 Å². The topological polar surface area (TPSA) is 86.5 Å². The molecule has 1 aromatic carbocycles. The number of likely N-dealkylation sites (tertiary alicyclic amines) is 1. The monoisotopic (exact) mass is 428 g/mol. The first kappa shape index (κ1) is 20.7. The molecule has 1 unspecified atom stereocenters. The molecule has 31 heavy (non-hydrogen) atoms. The highest BCUT2D eigenvalue weighted by molar-refractivity contribution is 5.90. The maximum absolute atomic E-state index is 14.5. The molecule has 1 saturated heterocycles. The van der Waals surface area contributed by atoms with Gasteiger partial charge in [0.2, 0.25) is 0 Å². The van der Waals surface area contributed by atoms with Crippen LogP contribution in [0.25, 0.3) is 16.7 Å². The summed E-state index contributed by atoms with van der Waals surface area (Å²) < 4.78 is 28.8. The van der Waals surface area contributed by atoms with Gasteiger partial charge in [0.1, 0.15) is 17.7 Å². The number of hydrogen-bond acceptors (Lipinski definition) is 5. The van der Waals surface area contributed by atoms with Crippen molar-refractivity contribution in [2.24, 2.45) is 0 Å². The number of nitrogens with zero attached hydrogens (tertiary/aromatic N) is 5. The molecular formula is C21H22F2N6O2. The van der Waals surface area contributed by atoms with E-state index < -0.39 is 24.1 Å². The molecule has 1 aliphatic rings. The van der Waals surface area contributed by atoms with Crippen LogP contribution in [0.4, 0.5) is 25.0 Å². The van der Waals surface area contributed by atoms with Crippen LogP contribution >= 0.6 is 0 Å². The molecule has 8 nitrogen and oxygen atoms in total. The Hall–Kier alpha value is -3.53. The largest absolute Gasteiger partial charge is 0.387 e. The lowest BCUT2D eigenvalue weighted by Gasteiger charge is -2.34. The Morgan fingerprint density at radius 1 is 1.45 bits per heavy atom. The highest BCUT2D eigenvalue weighted by Crippen LogP contribution is 2.24. The van der Waals surface area contributed by atoms with E-state index in [9.17, 15) is 18.7 Å². The molecule has 1 aliphatic heterocycles. The van der Waals surface area contributed by atoms with Gasteiger partial charge >= 0.3 is 6.03 Å². The van der Waals surface area contributed by atoms with E-state index in [2.05, 4.69) is 22.0 Å². The van der Waals surface area contributed by atoms with E-state index in [0.717, 1.165) is 5.69 Å². The molecule has 3 heterocycles. The van der Waals surface area contributed by atoms with Crippen LogP contribution in [0.3, 0.4) is 0 Å². The summed E-state index contributed by atoms with van der Waals surface area (Å²) in [5.41, 5.74) is 1.69. The number of aliphatic hydroxyl groups is 1. The van der Waals surface area contributed by atoms with Gasteiger partial charge in [-0.15, -0.1) is 11.7 Å². The highest BCUT2D eigenvalue weighted by atomic mass is 19.1. The molecule has 0 aliphatic carbocycles. The Bertz CT molecular complexity index is 1130. The van der Waals surface area contributed by atoms with Crippen molar-refractivity contribution < 1.29 is 18.7 Å². The van der Waals surface area contributed by atoms with E-state index in [-0.39, 0.29) is 18.8 Å². The number of halogens is 2. The van der Waals surface area contributed by atoms with Gasteiger partial charge in [-0.2, -0.15) is 0 Å². The van der Waals surface area contributed by atoms with Crippen LogP contribution < -0.4 is 10.2 Å². The Balaban J connectivity index is 1.57. The minimum absolute atomic E-state index is 0.0523. The van der Waals surface area contributed by atoms with Crippen LogP contribution in [-0.4, -0.2) is 69.8 Å². The summed E-state index contributed by atoms with van der Waals surface area (Å²) >= 11 is 0. The second-order valence-electron chi connectivity index (χ2n) is 7.46. The third kappa shape index (κ3) is 4.33. The summed E-state index contributed by atoms with van der Waals surface area (Å²) in [5, 5.41) is 17.4. The number of likely N-dealkylation sites (N-methyl/N-ethyl adjacent to an activating group) is 1. The first-order valence-electron chi connectivity index (χ1n) is 9.71. The van der Waals surface area contributed by atoms with Crippen LogP contribution in [-0.2, 0) is 0 Å². The predicted molar refractivity (Wildman–Crippen MR) is 114 cm³/mol. The summed E-state index contributed by atoms with van der Waals surface area (Å²) in [7, 11) is 1.81. The number of aromatic nitrogens is 3. The zero-order valence-electron chi connectivity index (χ0n) is 16.9. The molecule has 2 N–H and O–H groups in total. The second kappa shape index (κ2) is 8.31. The third-order valence-electron chi connectivity index (χ3n) is 5.09. The maximum atomic E-state index is 14.5. The predicted octanol–water partition coefficient (Wildman–Crippen LogP) is 2.73. The summed E-state index contributed by atoms with van der Waals surface area (Å²) in [4.78, 5) is 19.6. The molecule has 162 valence electrons. The van der Waals surface area contributed by atoms with Crippen molar-refractivity contribution >= 4 is 28.4 Å². The van der Waals surface area contributed by atoms with Gasteiger partial charge < -0.3 is 20.2 Å². The molecule has 0 spiro atoms. The Morgan fingerprint density at radius 2 is 2.23 bits per heavy atom. The number of carbonyl (C=O) groups is 1. The molecule has 2 amide bonds. The van der Waals surface area contributed by atoms with Gasteiger partial charge in [0.15, 0.2) is 5.65 Å². The highest BCUT2D eigenvalue weighted by Gasteiger charge is 2.30. The van der Waals surface area contributed by atoms with Crippen molar-refractivity contribution in [2.45, 2.75) is 12.3 Å². The zero-order chi connectivity index (χ0) is 22.1. The summed E-state index contributed by atoms with van der Waals surface area (Å²) in [6.07, 6.45) is 3.03. The molecule has 10 heteroatoms. The minimum Gasteiger partial charge on any atom is -0.387 e. The van der Waals surface area contributed by atoms with Crippen molar-refractivity contribution in [2.75, 3.05) is 36.9 Å². The van der Waals surface area contributed by atoms with Crippen LogP contribution in [0.15, 0.2) is 49.3 Å². The Labute approximate surface area is 177 Å². The average molecular weight is 428 g/mol. The van der Waals surface area contributed by atoms with Crippen LogP contribution in [0, 0.1) is 5.82 Å². The number of aliphatic hydroxyl groups excluding tert-OH is 1. The second-order valence-corrected chi connectivity index (χ2v) is 7.46. The normalized spacial score (nSPS) is 14.9. The number of rotatable bonds is 6. The lowest BCUT2D eigenvalue weighted by molar-refractivity contribution is 0.0974. The van der Waals surface area contributed by atoms with E-state index in [1.807, 2.05) is 18.0 Å². The Morgan fingerprint density at radius 3 is 2.94 bits per heavy atom. The fraction of sp³-hybridized carbons (Fsp3) is 0.286. The number of anilines is 2. The van der Waals surface area contributed by atoms with Gasteiger partial charge in [-0.3, -0.25) is 0 Å². The number of carbonyl (C=O) groups excluding carboxylic acids is 1. The van der Waals surface area contributed by atoms with Crippen molar-refractivity contribution in [1.82, 2.24) is 19.7 Å². The van der Waals surface area contributed by atoms with Gasteiger partial charge in [-0.05, 0) is 24.3 Å². The van der Waals surface area contributed by atoms with Crippen molar-refractivity contribution in [3.63, 3.8) is 0 Å². The first-order chi connectivity index (χ1) is 14.8. The fourth-order valence-corrected chi connectivity index (χ4v) is 3.26. The van der Waals surface area contributed by atoms with Gasteiger partial charge in [-0.1, -0.05) is 6.08 Å². The van der Waals surface area contributed by atoms with E-state index in [1.54, 1.807) is 12.4 Å². The summed E-state index contributed by atoms with van der Waals surface area (Å²) in [6.45, 7) is 4.01. The number of nitrogens with one attached hydrogen (secondary N) is 1. The van der Waals surface area contributed by atoms with Crippen LogP contribution in [0.1, 0.15) is 0 Å². The van der Waals surface area contributed by atoms with Gasteiger partial charge in [0, 0.05) is 30.9 Å². The van der Waals surface area contributed by atoms with E-state index >= 15 is 0 Å². The van der Waals surface area contributed by atoms with Crippen molar-refractivity contribution in [3.05, 3.63) is 55.1 Å². The van der Waals surface area contributed by atoms with Crippen molar-refractivity contribution in [1.29, 1.82) is 0 Å². The number of pyridine rings is 1.